The quantitative estimate of drug-likeness (QED) is 0.642. The largest absolute Gasteiger partial charge is 0.384 e. The Morgan fingerprint density at radius 1 is 1.61 bits per heavy atom. The van der Waals surface area contributed by atoms with E-state index in [1.165, 1.54) is 11.0 Å². The molecule has 1 aromatic rings. The molecule has 98 valence electrons. The van der Waals surface area contributed by atoms with Crippen LogP contribution in [-0.2, 0) is 0 Å². The van der Waals surface area contributed by atoms with Gasteiger partial charge in [0.15, 0.2) is 0 Å². The molecule has 0 bridgehead atoms. The van der Waals surface area contributed by atoms with Crippen LogP contribution < -0.4 is 5.73 Å². The molecule has 0 radical (unpaired) electrons. The van der Waals surface area contributed by atoms with Crippen LogP contribution in [0.5, 0.6) is 0 Å². The third-order valence-corrected chi connectivity index (χ3v) is 2.32. The minimum absolute atomic E-state index is 0.0318. The highest BCUT2D eigenvalue weighted by molar-refractivity contribution is 5.98. The SMILES string of the molecule is CC(C)CN(C)C(=O)c1cc(N)ncc1[N+](=O)[O-]. The monoisotopic (exact) mass is 252 g/mol. The second-order valence-electron chi connectivity index (χ2n) is 4.46. The molecule has 0 spiro atoms. The molecule has 1 aromatic heterocycles. The number of nitrogens with two attached hydrogens (primary N) is 1. The Morgan fingerprint density at radius 2 is 2.22 bits per heavy atom. The lowest BCUT2D eigenvalue weighted by Crippen LogP contribution is -2.30. The molecule has 0 aromatic carbocycles. The Hall–Kier alpha value is -2.18. The van der Waals surface area contributed by atoms with Gasteiger partial charge in [-0.15, -0.1) is 0 Å². The second kappa shape index (κ2) is 5.44. The summed E-state index contributed by atoms with van der Waals surface area (Å²) in [6, 6.07) is 1.23. The zero-order valence-electron chi connectivity index (χ0n) is 10.6. The van der Waals surface area contributed by atoms with Crippen LogP contribution in [0.2, 0.25) is 0 Å². The first kappa shape index (κ1) is 13.9. The van der Waals surface area contributed by atoms with Crippen LogP contribution in [-0.4, -0.2) is 34.3 Å². The molecule has 0 atom stereocenters. The van der Waals surface area contributed by atoms with E-state index in [9.17, 15) is 14.9 Å². The maximum Gasteiger partial charge on any atom is 0.300 e. The van der Waals surface area contributed by atoms with E-state index in [1.807, 2.05) is 13.8 Å². The van der Waals surface area contributed by atoms with E-state index in [4.69, 9.17) is 5.73 Å². The number of pyridine rings is 1. The lowest BCUT2D eigenvalue weighted by atomic mass is 10.1. The average Bonchev–Trinajstić information content (AvgIpc) is 2.26. The predicted molar refractivity (Wildman–Crippen MR) is 67.1 cm³/mol. The summed E-state index contributed by atoms with van der Waals surface area (Å²) in [7, 11) is 1.60. The molecule has 18 heavy (non-hydrogen) atoms. The fourth-order valence-corrected chi connectivity index (χ4v) is 1.62. The molecule has 0 saturated carbocycles. The van der Waals surface area contributed by atoms with Gasteiger partial charge in [0, 0.05) is 13.6 Å². The highest BCUT2D eigenvalue weighted by Gasteiger charge is 2.24. The highest BCUT2D eigenvalue weighted by Crippen LogP contribution is 2.20. The molecule has 0 saturated heterocycles. The zero-order valence-corrected chi connectivity index (χ0v) is 10.6. The summed E-state index contributed by atoms with van der Waals surface area (Å²) in [6.07, 6.45) is 1.01. The maximum atomic E-state index is 12.1. The van der Waals surface area contributed by atoms with E-state index in [1.54, 1.807) is 7.05 Å². The van der Waals surface area contributed by atoms with E-state index >= 15 is 0 Å². The van der Waals surface area contributed by atoms with Crippen LogP contribution in [0.4, 0.5) is 11.5 Å². The Kier molecular flexibility index (Phi) is 4.19. The first-order valence-corrected chi connectivity index (χ1v) is 5.48. The van der Waals surface area contributed by atoms with Gasteiger partial charge in [-0.3, -0.25) is 14.9 Å². The van der Waals surface area contributed by atoms with E-state index < -0.39 is 10.8 Å². The molecule has 2 N–H and O–H groups in total. The molecule has 7 nitrogen and oxygen atoms in total. The molecule has 1 rings (SSSR count). The summed E-state index contributed by atoms with van der Waals surface area (Å²) in [5.74, 6) is -0.0661. The summed E-state index contributed by atoms with van der Waals surface area (Å²) in [6.45, 7) is 4.43. The fourth-order valence-electron chi connectivity index (χ4n) is 1.62. The normalized spacial score (nSPS) is 10.4. The van der Waals surface area contributed by atoms with Gasteiger partial charge in [0.25, 0.3) is 11.6 Å². The van der Waals surface area contributed by atoms with Gasteiger partial charge in [-0.05, 0) is 12.0 Å². The number of nitrogens with zero attached hydrogens (tertiary/aromatic N) is 3. The summed E-state index contributed by atoms with van der Waals surface area (Å²) in [5.41, 5.74) is 5.10. The number of anilines is 1. The Labute approximate surface area is 105 Å². The van der Waals surface area contributed by atoms with Gasteiger partial charge in [-0.1, -0.05) is 13.8 Å². The van der Waals surface area contributed by atoms with Gasteiger partial charge in [-0.2, -0.15) is 0 Å². The molecule has 7 heteroatoms. The predicted octanol–water partition coefficient (Wildman–Crippen LogP) is 1.30. The molecular weight excluding hydrogens is 236 g/mol. The van der Waals surface area contributed by atoms with Gasteiger partial charge in [-0.25, -0.2) is 4.98 Å². The molecule has 1 heterocycles. The van der Waals surface area contributed by atoms with Crippen LogP contribution in [0.1, 0.15) is 24.2 Å². The van der Waals surface area contributed by atoms with Crippen molar-refractivity contribution in [2.75, 3.05) is 19.3 Å². The topological polar surface area (TPSA) is 102 Å². The van der Waals surface area contributed by atoms with Crippen LogP contribution in [0, 0.1) is 16.0 Å². The number of rotatable bonds is 4. The number of carbonyl (C=O) groups is 1. The lowest BCUT2D eigenvalue weighted by Gasteiger charge is -2.19. The third kappa shape index (κ3) is 3.16. The van der Waals surface area contributed by atoms with Crippen molar-refractivity contribution >= 4 is 17.4 Å². The smallest absolute Gasteiger partial charge is 0.300 e. The van der Waals surface area contributed by atoms with Crippen LogP contribution in [0.25, 0.3) is 0 Å². The summed E-state index contributed by atoms with van der Waals surface area (Å²) in [5, 5.41) is 10.8. The molecule has 0 unspecified atom stereocenters. The number of nitro groups is 1. The van der Waals surface area contributed by atoms with Crippen molar-refractivity contribution in [1.82, 2.24) is 9.88 Å². The number of carbonyl (C=O) groups excluding carboxylic acids is 1. The van der Waals surface area contributed by atoms with Crippen LogP contribution in [0.15, 0.2) is 12.3 Å². The standard InChI is InChI=1S/C11H16N4O3/c1-7(2)6-14(3)11(16)8-4-10(12)13-5-9(8)15(17)18/h4-5,7H,6H2,1-3H3,(H2,12,13). The number of nitrogen functional groups attached to an aromatic ring is 1. The second-order valence-corrected chi connectivity index (χ2v) is 4.46. The first-order valence-electron chi connectivity index (χ1n) is 5.48. The lowest BCUT2D eigenvalue weighted by molar-refractivity contribution is -0.385. The number of amides is 1. The number of aromatic nitrogens is 1. The highest BCUT2D eigenvalue weighted by atomic mass is 16.6. The number of hydrogen-bond acceptors (Lipinski definition) is 5. The molecule has 0 aliphatic carbocycles. The summed E-state index contributed by atoms with van der Waals surface area (Å²) < 4.78 is 0. The molecular formula is C11H16N4O3. The van der Waals surface area contributed by atoms with Crippen molar-refractivity contribution in [2.24, 2.45) is 5.92 Å². The molecule has 0 aliphatic rings. The maximum absolute atomic E-state index is 12.1. The third-order valence-electron chi connectivity index (χ3n) is 2.32. The van der Waals surface area contributed by atoms with Gasteiger partial charge in [0.1, 0.15) is 17.6 Å². The van der Waals surface area contributed by atoms with Crippen LogP contribution >= 0.6 is 0 Å². The van der Waals surface area contributed by atoms with Crippen molar-refractivity contribution < 1.29 is 9.72 Å². The summed E-state index contributed by atoms with van der Waals surface area (Å²) in [4.78, 5) is 27.4. The average molecular weight is 252 g/mol. The molecule has 1 amide bonds. The fraction of sp³-hybridized carbons (Fsp3) is 0.455. The van der Waals surface area contributed by atoms with Crippen LogP contribution in [0.3, 0.4) is 0 Å². The Bertz CT molecular complexity index is 473. The zero-order chi connectivity index (χ0) is 13.9. The van der Waals surface area contributed by atoms with Gasteiger partial charge in [0.05, 0.1) is 4.92 Å². The van der Waals surface area contributed by atoms with Crippen molar-refractivity contribution in [1.29, 1.82) is 0 Å². The van der Waals surface area contributed by atoms with Gasteiger partial charge in [0.2, 0.25) is 0 Å². The van der Waals surface area contributed by atoms with E-state index in [0.29, 0.717) is 6.54 Å². The molecule has 0 fully saturated rings. The Morgan fingerprint density at radius 3 is 2.72 bits per heavy atom. The van der Waals surface area contributed by atoms with Crippen molar-refractivity contribution in [3.63, 3.8) is 0 Å². The van der Waals surface area contributed by atoms with E-state index in [-0.39, 0.29) is 23.0 Å². The van der Waals surface area contributed by atoms with Crippen molar-refractivity contribution in [3.8, 4) is 0 Å². The molecule has 0 aliphatic heterocycles. The van der Waals surface area contributed by atoms with E-state index in [2.05, 4.69) is 4.98 Å². The number of hydrogen-bond donors (Lipinski definition) is 1. The Balaban J connectivity index is 3.11. The first-order chi connectivity index (χ1) is 8.32. The van der Waals surface area contributed by atoms with E-state index in [0.717, 1.165) is 6.20 Å². The van der Waals surface area contributed by atoms with Gasteiger partial charge < -0.3 is 10.6 Å². The summed E-state index contributed by atoms with van der Waals surface area (Å²) >= 11 is 0. The minimum Gasteiger partial charge on any atom is -0.384 e. The minimum atomic E-state index is -0.636. The van der Waals surface area contributed by atoms with Crippen molar-refractivity contribution in [3.05, 3.63) is 27.9 Å². The van der Waals surface area contributed by atoms with Gasteiger partial charge >= 0.3 is 0 Å². The van der Waals surface area contributed by atoms with Crippen molar-refractivity contribution in [2.45, 2.75) is 13.8 Å².